The van der Waals surface area contributed by atoms with Crippen molar-refractivity contribution in [3.05, 3.63) is 119 Å². The van der Waals surface area contributed by atoms with Gasteiger partial charge in [0.05, 0.1) is 28.0 Å². The van der Waals surface area contributed by atoms with E-state index < -0.39 is 0 Å². The first-order valence-corrected chi connectivity index (χ1v) is 14.5. The second kappa shape index (κ2) is 12.1. The molecular weight excluding hydrogens is 567 g/mol. The molecule has 11 heteroatoms. The largest absolute Gasteiger partial charge is 0.324 e. The average molecular weight is 590 g/mol. The number of carbonyl (C=O) groups is 2. The number of aromatic nitrogens is 4. The lowest BCUT2D eigenvalue weighted by Crippen LogP contribution is -2.15. The van der Waals surface area contributed by atoms with Gasteiger partial charge in [-0.25, -0.2) is 9.97 Å². The first-order chi connectivity index (χ1) is 20.5. The predicted octanol–water partition coefficient (Wildman–Crippen LogP) is 7.28. The molecule has 0 saturated carbocycles. The van der Waals surface area contributed by atoms with E-state index in [1.807, 2.05) is 66.9 Å². The third-order valence-electron chi connectivity index (χ3n) is 6.21. The Kier molecular flexibility index (Phi) is 7.75. The van der Waals surface area contributed by atoms with Crippen LogP contribution < -0.4 is 16.0 Å². The fraction of sp³-hybridized carbons (Fsp3) is 0.0323. The SMILES string of the molecule is Cc1ccc(NC(=O)c2cncc(NC(=O)c3ccc(-c4cccs4)s3)c2)cc1Nc1nccc(-c2cccnc2)n1. The van der Waals surface area contributed by atoms with Gasteiger partial charge in [0.15, 0.2) is 0 Å². The van der Waals surface area contributed by atoms with Crippen molar-refractivity contribution in [2.24, 2.45) is 0 Å². The molecule has 42 heavy (non-hydrogen) atoms. The van der Waals surface area contributed by atoms with Gasteiger partial charge in [-0.05, 0) is 72.5 Å². The Morgan fingerprint density at radius 2 is 1.69 bits per heavy atom. The molecule has 0 aliphatic rings. The molecule has 2 amide bonds. The minimum Gasteiger partial charge on any atom is -0.324 e. The Bertz CT molecular complexity index is 1870. The molecule has 0 atom stereocenters. The maximum Gasteiger partial charge on any atom is 0.265 e. The first-order valence-electron chi connectivity index (χ1n) is 12.8. The quantitative estimate of drug-likeness (QED) is 0.171. The number of thiophene rings is 2. The van der Waals surface area contributed by atoms with Crippen LogP contribution in [0.2, 0.25) is 0 Å². The van der Waals surface area contributed by atoms with Crippen LogP contribution in [0.5, 0.6) is 0 Å². The maximum absolute atomic E-state index is 13.1. The summed E-state index contributed by atoms with van der Waals surface area (Å²) in [5, 5.41) is 11.0. The summed E-state index contributed by atoms with van der Waals surface area (Å²) in [5.41, 5.74) is 4.62. The zero-order valence-electron chi connectivity index (χ0n) is 22.2. The number of nitrogens with zero attached hydrogens (tertiary/aromatic N) is 4. The van der Waals surface area contributed by atoms with Crippen molar-refractivity contribution in [1.82, 2.24) is 19.9 Å². The number of anilines is 4. The molecular formula is C31H23N7O2S2. The summed E-state index contributed by atoms with van der Waals surface area (Å²) in [6, 6.07) is 20.4. The van der Waals surface area contributed by atoms with Crippen LogP contribution in [0.3, 0.4) is 0 Å². The van der Waals surface area contributed by atoms with Crippen LogP contribution in [0.25, 0.3) is 21.0 Å². The summed E-state index contributed by atoms with van der Waals surface area (Å²) in [5.74, 6) is -0.200. The highest BCUT2D eigenvalue weighted by molar-refractivity contribution is 7.22. The number of pyridine rings is 2. The van der Waals surface area contributed by atoms with E-state index in [0.29, 0.717) is 27.8 Å². The molecule has 3 N–H and O–H groups in total. The fourth-order valence-electron chi connectivity index (χ4n) is 4.09. The van der Waals surface area contributed by atoms with Gasteiger partial charge >= 0.3 is 0 Å². The molecule has 0 saturated heterocycles. The number of carbonyl (C=O) groups excluding carboxylic acids is 2. The molecule has 6 aromatic rings. The van der Waals surface area contributed by atoms with Crippen molar-refractivity contribution < 1.29 is 9.59 Å². The second-order valence-corrected chi connectivity index (χ2v) is 11.2. The van der Waals surface area contributed by atoms with Gasteiger partial charge < -0.3 is 16.0 Å². The Morgan fingerprint density at radius 3 is 2.52 bits per heavy atom. The van der Waals surface area contributed by atoms with Crippen LogP contribution >= 0.6 is 22.7 Å². The highest BCUT2D eigenvalue weighted by Gasteiger charge is 2.14. The van der Waals surface area contributed by atoms with E-state index in [1.54, 1.807) is 42.1 Å². The number of aryl methyl sites for hydroxylation is 1. The van der Waals surface area contributed by atoms with Gasteiger partial charge in [0.1, 0.15) is 0 Å². The summed E-state index contributed by atoms with van der Waals surface area (Å²) in [6.07, 6.45) is 8.10. The molecule has 0 unspecified atom stereocenters. The first kappa shape index (κ1) is 26.9. The smallest absolute Gasteiger partial charge is 0.265 e. The Hall–Kier alpha value is -5.26. The van der Waals surface area contributed by atoms with E-state index in [2.05, 4.69) is 35.9 Å². The van der Waals surface area contributed by atoms with Crippen LogP contribution in [0.4, 0.5) is 23.0 Å². The summed E-state index contributed by atoms with van der Waals surface area (Å²) in [6.45, 7) is 1.95. The Morgan fingerprint density at radius 1 is 0.786 bits per heavy atom. The van der Waals surface area contributed by atoms with Gasteiger partial charge in [-0.15, -0.1) is 22.7 Å². The Balaban J connectivity index is 1.13. The molecule has 1 aromatic carbocycles. The van der Waals surface area contributed by atoms with Crippen LogP contribution in [-0.2, 0) is 0 Å². The zero-order chi connectivity index (χ0) is 28.9. The van der Waals surface area contributed by atoms with E-state index in [1.165, 1.54) is 23.7 Å². The fourth-order valence-corrected chi connectivity index (χ4v) is 5.82. The van der Waals surface area contributed by atoms with E-state index in [0.717, 1.165) is 32.3 Å². The highest BCUT2D eigenvalue weighted by atomic mass is 32.1. The minimum atomic E-state index is -0.362. The van der Waals surface area contributed by atoms with Crippen molar-refractivity contribution in [3.8, 4) is 21.0 Å². The lowest BCUT2D eigenvalue weighted by Gasteiger charge is -2.12. The second-order valence-electron chi connectivity index (χ2n) is 9.17. The van der Waals surface area contributed by atoms with Crippen LogP contribution in [0.1, 0.15) is 25.6 Å². The number of hydrogen-bond donors (Lipinski definition) is 3. The topological polar surface area (TPSA) is 122 Å². The number of benzene rings is 1. The number of rotatable bonds is 8. The summed E-state index contributed by atoms with van der Waals surface area (Å²) in [4.78, 5) is 45.9. The summed E-state index contributed by atoms with van der Waals surface area (Å²) in [7, 11) is 0. The van der Waals surface area contributed by atoms with Gasteiger partial charge in [-0.3, -0.25) is 19.6 Å². The van der Waals surface area contributed by atoms with Gasteiger partial charge in [0.25, 0.3) is 11.8 Å². The maximum atomic E-state index is 13.1. The van der Waals surface area contributed by atoms with Crippen molar-refractivity contribution >= 4 is 57.5 Å². The molecule has 0 fully saturated rings. The van der Waals surface area contributed by atoms with E-state index in [-0.39, 0.29) is 11.8 Å². The molecule has 5 aromatic heterocycles. The molecule has 5 heterocycles. The van der Waals surface area contributed by atoms with E-state index in [4.69, 9.17) is 0 Å². The van der Waals surface area contributed by atoms with E-state index >= 15 is 0 Å². The standard InChI is InChI=1S/C31H23N7O2S2/c1-19-6-7-22(15-25(19)38-31-34-12-10-24(37-31)20-4-2-11-32-16-20)35-29(39)21-14-23(18-33-17-21)36-30(40)28-9-8-27(42-28)26-5-3-13-41-26/h2-18H,1H3,(H,35,39)(H,36,40)(H,34,37,38). The van der Waals surface area contributed by atoms with Crippen molar-refractivity contribution in [2.45, 2.75) is 6.92 Å². The molecule has 0 aliphatic carbocycles. The molecule has 9 nitrogen and oxygen atoms in total. The molecule has 0 radical (unpaired) electrons. The van der Waals surface area contributed by atoms with E-state index in [9.17, 15) is 9.59 Å². The molecule has 0 aliphatic heterocycles. The minimum absolute atomic E-state index is 0.258. The molecule has 0 spiro atoms. The van der Waals surface area contributed by atoms with Gasteiger partial charge in [0, 0.05) is 51.5 Å². The lowest BCUT2D eigenvalue weighted by molar-refractivity contribution is 0.101. The average Bonchev–Trinajstić information content (AvgIpc) is 3.73. The van der Waals surface area contributed by atoms with Crippen LogP contribution in [-0.4, -0.2) is 31.8 Å². The van der Waals surface area contributed by atoms with Crippen molar-refractivity contribution in [1.29, 1.82) is 0 Å². The number of nitrogens with one attached hydrogen (secondary N) is 3. The zero-order valence-corrected chi connectivity index (χ0v) is 23.9. The number of hydrogen-bond acceptors (Lipinski definition) is 9. The van der Waals surface area contributed by atoms with Gasteiger partial charge in [-0.1, -0.05) is 12.1 Å². The third-order valence-corrected chi connectivity index (χ3v) is 8.36. The van der Waals surface area contributed by atoms with Gasteiger partial charge in [-0.2, -0.15) is 0 Å². The molecule has 6 rings (SSSR count). The molecule has 206 valence electrons. The lowest BCUT2D eigenvalue weighted by atomic mass is 10.1. The summed E-state index contributed by atoms with van der Waals surface area (Å²) < 4.78 is 0. The predicted molar refractivity (Wildman–Crippen MR) is 168 cm³/mol. The van der Waals surface area contributed by atoms with Gasteiger partial charge in [0.2, 0.25) is 5.95 Å². The third kappa shape index (κ3) is 6.22. The van der Waals surface area contributed by atoms with Crippen LogP contribution in [0, 0.1) is 6.92 Å². The van der Waals surface area contributed by atoms with Crippen molar-refractivity contribution in [3.63, 3.8) is 0 Å². The van der Waals surface area contributed by atoms with Crippen LogP contribution in [0.15, 0.2) is 103 Å². The normalized spacial score (nSPS) is 10.7. The number of amides is 2. The highest BCUT2D eigenvalue weighted by Crippen LogP contribution is 2.32. The van der Waals surface area contributed by atoms with Crippen molar-refractivity contribution in [2.75, 3.05) is 16.0 Å². The summed E-state index contributed by atoms with van der Waals surface area (Å²) >= 11 is 3.04. The molecule has 0 bridgehead atoms. The monoisotopic (exact) mass is 589 g/mol. The Labute approximate surface area is 249 Å².